The molecule has 0 aliphatic carbocycles. The van der Waals surface area contributed by atoms with E-state index in [2.05, 4.69) is 34.3 Å². The Balaban J connectivity index is 1.67. The van der Waals surface area contributed by atoms with Gasteiger partial charge in [-0.15, -0.1) is 11.3 Å². The molecular formula is C13H24N4S. The summed E-state index contributed by atoms with van der Waals surface area (Å²) in [4.78, 5) is 9.16. The van der Waals surface area contributed by atoms with Crippen LogP contribution in [0.4, 0.5) is 5.13 Å². The third kappa shape index (κ3) is 4.23. The van der Waals surface area contributed by atoms with E-state index in [0.29, 0.717) is 5.13 Å². The minimum absolute atomic E-state index is 0.683. The lowest BCUT2D eigenvalue weighted by molar-refractivity contribution is 0.177. The van der Waals surface area contributed by atoms with Gasteiger partial charge in [0.15, 0.2) is 5.13 Å². The molecule has 1 aliphatic rings. The Bertz CT molecular complexity index is 358. The maximum Gasteiger partial charge on any atom is 0.180 e. The van der Waals surface area contributed by atoms with Crippen molar-refractivity contribution in [3.63, 3.8) is 0 Å². The van der Waals surface area contributed by atoms with Crippen LogP contribution in [0.5, 0.6) is 0 Å². The number of aromatic nitrogens is 1. The smallest absolute Gasteiger partial charge is 0.180 e. The Kier molecular flexibility index (Phi) is 4.97. The van der Waals surface area contributed by atoms with Crippen LogP contribution in [0.15, 0.2) is 5.38 Å². The van der Waals surface area contributed by atoms with Gasteiger partial charge in [0.2, 0.25) is 0 Å². The monoisotopic (exact) mass is 268 g/mol. The van der Waals surface area contributed by atoms with Gasteiger partial charge in [-0.25, -0.2) is 4.98 Å². The number of likely N-dealkylation sites (tertiary alicyclic amines) is 1. The molecular weight excluding hydrogens is 244 g/mol. The summed E-state index contributed by atoms with van der Waals surface area (Å²) < 4.78 is 0. The maximum atomic E-state index is 5.64. The molecule has 0 radical (unpaired) electrons. The highest BCUT2D eigenvalue weighted by Crippen LogP contribution is 2.17. The minimum atomic E-state index is 0.683. The number of rotatable bonds is 5. The van der Waals surface area contributed by atoms with Gasteiger partial charge < -0.3 is 15.5 Å². The summed E-state index contributed by atoms with van der Waals surface area (Å²) in [5.41, 5.74) is 6.77. The van der Waals surface area contributed by atoms with E-state index in [1.807, 2.05) is 0 Å². The van der Waals surface area contributed by atoms with Gasteiger partial charge in [0, 0.05) is 24.9 Å². The molecule has 1 fully saturated rings. The predicted molar refractivity (Wildman–Crippen MR) is 77.9 cm³/mol. The molecule has 0 bridgehead atoms. The van der Waals surface area contributed by atoms with Gasteiger partial charge in [0.05, 0.1) is 5.69 Å². The molecule has 102 valence electrons. The Morgan fingerprint density at radius 3 is 2.83 bits per heavy atom. The van der Waals surface area contributed by atoms with Gasteiger partial charge in [0.1, 0.15) is 0 Å². The summed E-state index contributed by atoms with van der Waals surface area (Å²) in [6, 6.07) is 0. The van der Waals surface area contributed by atoms with Gasteiger partial charge in [-0.3, -0.25) is 0 Å². The number of hydrogen-bond donors (Lipinski definition) is 1. The largest absolute Gasteiger partial charge is 0.375 e. The van der Waals surface area contributed by atoms with Crippen LogP contribution in [0.3, 0.4) is 0 Å². The summed E-state index contributed by atoms with van der Waals surface area (Å²) in [6.07, 6.45) is 3.69. The standard InChI is InChI=1S/C13H24N4S/c1-16-6-3-11(4-7-16)9-17(2)8-5-12-10-18-13(14)15-12/h10-11H,3-9H2,1-2H3,(H2,14,15). The van der Waals surface area contributed by atoms with Gasteiger partial charge >= 0.3 is 0 Å². The van der Waals surface area contributed by atoms with Crippen molar-refractivity contribution in [2.45, 2.75) is 19.3 Å². The van der Waals surface area contributed by atoms with Crippen molar-refractivity contribution < 1.29 is 0 Å². The number of piperidine rings is 1. The highest BCUT2D eigenvalue weighted by atomic mass is 32.1. The maximum absolute atomic E-state index is 5.64. The second-order valence-electron chi connectivity index (χ2n) is 5.44. The fourth-order valence-corrected chi connectivity index (χ4v) is 3.12. The predicted octanol–water partition coefficient (Wildman–Crippen LogP) is 1.54. The summed E-state index contributed by atoms with van der Waals surface area (Å²) in [7, 11) is 4.43. The van der Waals surface area contributed by atoms with Crippen molar-refractivity contribution in [3.8, 4) is 0 Å². The first-order chi connectivity index (χ1) is 8.63. The zero-order chi connectivity index (χ0) is 13.0. The second kappa shape index (κ2) is 6.50. The number of thiazole rings is 1. The molecule has 0 atom stereocenters. The molecule has 2 heterocycles. The number of nitrogen functional groups attached to an aromatic ring is 1. The van der Waals surface area contributed by atoms with Crippen molar-refractivity contribution >= 4 is 16.5 Å². The van der Waals surface area contributed by atoms with Crippen molar-refractivity contribution in [1.29, 1.82) is 0 Å². The summed E-state index contributed by atoms with van der Waals surface area (Å²) in [5, 5.41) is 2.75. The topological polar surface area (TPSA) is 45.4 Å². The minimum Gasteiger partial charge on any atom is -0.375 e. The molecule has 5 heteroatoms. The third-order valence-corrected chi connectivity index (χ3v) is 4.45. The van der Waals surface area contributed by atoms with Crippen molar-refractivity contribution in [3.05, 3.63) is 11.1 Å². The molecule has 0 spiro atoms. The number of hydrogen-bond acceptors (Lipinski definition) is 5. The normalized spacial score (nSPS) is 18.6. The van der Waals surface area contributed by atoms with Gasteiger partial charge in [0.25, 0.3) is 0 Å². The first-order valence-electron chi connectivity index (χ1n) is 6.70. The fourth-order valence-electron chi connectivity index (χ4n) is 2.52. The lowest BCUT2D eigenvalue weighted by atomic mass is 9.96. The summed E-state index contributed by atoms with van der Waals surface area (Å²) in [5.74, 6) is 0.867. The van der Waals surface area contributed by atoms with Crippen LogP contribution in [0.25, 0.3) is 0 Å². The molecule has 1 aliphatic heterocycles. The molecule has 0 amide bonds. The van der Waals surface area contributed by atoms with Crippen molar-refractivity contribution in [2.24, 2.45) is 5.92 Å². The number of anilines is 1. The first-order valence-corrected chi connectivity index (χ1v) is 7.58. The van der Waals surface area contributed by atoms with Crippen LogP contribution in [-0.4, -0.2) is 55.1 Å². The Labute approximate surface area is 114 Å². The van der Waals surface area contributed by atoms with Crippen LogP contribution in [0.2, 0.25) is 0 Å². The zero-order valence-electron chi connectivity index (χ0n) is 11.4. The van der Waals surface area contributed by atoms with Crippen molar-refractivity contribution in [1.82, 2.24) is 14.8 Å². The molecule has 0 saturated carbocycles. The third-order valence-electron chi connectivity index (χ3n) is 3.73. The van der Waals surface area contributed by atoms with E-state index in [9.17, 15) is 0 Å². The fraction of sp³-hybridized carbons (Fsp3) is 0.769. The Morgan fingerprint density at radius 2 is 2.22 bits per heavy atom. The van der Waals surface area contributed by atoms with E-state index < -0.39 is 0 Å². The molecule has 4 nitrogen and oxygen atoms in total. The van der Waals surface area contributed by atoms with E-state index >= 15 is 0 Å². The quantitative estimate of drug-likeness (QED) is 0.880. The molecule has 0 unspecified atom stereocenters. The zero-order valence-corrected chi connectivity index (χ0v) is 12.2. The van der Waals surface area contributed by atoms with E-state index in [1.165, 1.54) is 43.8 Å². The molecule has 1 saturated heterocycles. The Morgan fingerprint density at radius 1 is 1.50 bits per heavy atom. The van der Waals surface area contributed by atoms with Gasteiger partial charge in [-0.05, 0) is 45.9 Å². The molecule has 2 rings (SSSR count). The SMILES string of the molecule is CN1CCC(CN(C)CCc2csc(N)n2)CC1. The van der Waals surface area contributed by atoms with Gasteiger partial charge in [-0.1, -0.05) is 0 Å². The Hall–Kier alpha value is -0.650. The molecule has 1 aromatic rings. The van der Waals surface area contributed by atoms with Crippen LogP contribution in [0.1, 0.15) is 18.5 Å². The lowest BCUT2D eigenvalue weighted by Crippen LogP contribution is -2.36. The van der Waals surface area contributed by atoms with Crippen LogP contribution in [-0.2, 0) is 6.42 Å². The average Bonchev–Trinajstić information content (AvgIpc) is 2.76. The van der Waals surface area contributed by atoms with Crippen LogP contribution >= 0.6 is 11.3 Å². The molecule has 0 aromatic carbocycles. The van der Waals surface area contributed by atoms with Gasteiger partial charge in [-0.2, -0.15) is 0 Å². The number of likely N-dealkylation sites (N-methyl/N-ethyl adjacent to an activating group) is 1. The molecule has 18 heavy (non-hydrogen) atoms. The first kappa shape index (κ1) is 13.8. The molecule has 2 N–H and O–H groups in total. The van der Waals surface area contributed by atoms with E-state index in [-0.39, 0.29) is 0 Å². The van der Waals surface area contributed by atoms with Crippen molar-refractivity contribution in [2.75, 3.05) is 46.0 Å². The van der Waals surface area contributed by atoms with E-state index in [1.54, 1.807) is 0 Å². The van der Waals surface area contributed by atoms with Crippen LogP contribution < -0.4 is 5.73 Å². The highest BCUT2D eigenvalue weighted by Gasteiger charge is 2.17. The lowest BCUT2D eigenvalue weighted by Gasteiger charge is -2.31. The van der Waals surface area contributed by atoms with E-state index in [0.717, 1.165) is 24.6 Å². The van der Waals surface area contributed by atoms with E-state index in [4.69, 9.17) is 5.73 Å². The average molecular weight is 268 g/mol. The summed E-state index contributed by atoms with van der Waals surface area (Å²) >= 11 is 1.53. The van der Waals surface area contributed by atoms with Crippen LogP contribution in [0, 0.1) is 5.92 Å². The second-order valence-corrected chi connectivity index (χ2v) is 6.33. The molecule has 1 aromatic heterocycles. The highest BCUT2D eigenvalue weighted by molar-refractivity contribution is 7.13. The number of nitrogens with zero attached hydrogens (tertiary/aromatic N) is 3. The number of nitrogens with two attached hydrogens (primary N) is 1. The summed E-state index contributed by atoms with van der Waals surface area (Å²) in [6.45, 7) is 4.80.